The highest BCUT2D eigenvalue weighted by atomic mass is 16.6. The maximum absolute atomic E-state index is 5.86. The molecule has 0 spiro atoms. The Kier molecular flexibility index (Phi) is 4.73. The lowest BCUT2D eigenvalue weighted by Gasteiger charge is -2.22. The molecule has 0 radical (unpaired) electrons. The zero-order valence-electron chi connectivity index (χ0n) is 16.1. The molecule has 9 nitrogen and oxygen atoms in total. The molecule has 4 heterocycles. The largest absolute Gasteiger partial charge is 0.496 e. The van der Waals surface area contributed by atoms with E-state index in [0.717, 1.165) is 48.9 Å². The number of hydrogen-bond donors (Lipinski definition) is 0. The van der Waals surface area contributed by atoms with Gasteiger partial charge in [-0.05, 0) is 19.0 Å². The SMILES string of the molecule is COc1cc2c(cc1CN1CC[C@H](c3nnc(-c4cnccn4)o3)C1)OCCO2. The highest BCUT2D eigenvalue weighted by Gasteiger charge is 2.29. The van der Waals surface area contributed by atoms with E-state index in [0.29, 0.717) is 30.7 Å². The fourth-order valence-corrected chi connectivity index (χ4v) is 3.76. The second-order valence-corrected chi connectivity index (χ2v) is 7.06. The number of benzene rings is 1. The second-order valence-electron chi connectivity index (χ2n) is 7.06. The van der Waals surface area contributed by atoms with E-state index in [-0.39, 0.29) is 5.92 Å². The van der Waals surface area contributed by atoms with Crippen LogP contribution in [0.4, 0.5) is 0 Å². The summed E-state index contributed by atoms with van der Waals surface area (Å²) in [4.78, 5) is 10.6. The van der Waals surface area contributed by atoms with Crippen molar-refractivity contribution in [1.82, 2.24) is 25.1 Å². The Morgan fingerprint density at radius 1 is 1.14 bits per heavy atom. The van der Waals surface area contributed by atoms with Crippen LogP contribution in [0.2, 0.25) is 0 Å². The molecule has 0 bridgehead atoms. The summed E-state index contributed by atoms with van der Waals surface area (Å²) < 4.78 is 22.8. The first-order valence-electron chi connectivity index (χ1n) is 9.59. The summed E-state index contributed by atoms with van der Waals surface area (Å²) >= 11 is 0. The van der Waals surface area contributed by atoms with Gasteiger partial charge < -0.3 is 18.6 Å². The van der Waals surface area contributed by atoms with Gasteiger partial charge in [-0.3, -0.25) is 9.88 Å². The molecule has 1 atom stereocenters. The molecule has 0 unspecified atom stereocenters. The van der Waals surface area contributed by atoms with Crippen molar-refractivity contribution in [1.29, 1.82) is 0 Å². The van der Waals surface area contributed by atoms with Crippen LogP contribution in [0.25, 0.3) is 11.6 Å². The van der Waals surface area contributed by atoms with Gasteiger partial charge in [0.15, 0.2) is 11.5 Å². The molecule has 150 valence electrons. The third-order valence-corrected chi connectivity index (χ3v) is 5.18. The third-order valence-electron chi connectivity index (χ3n) is 5.18. The number of methoxy groups -OCH3 is 1. The van der Waals surface area contributed by atoms with Crippen molar-refractivity contribution in [2.45, 2.75) is 18.9 Å². The van der Waals surface area contributed by atoms with Crippen molar-refractivity contribution in [3.8, 4) is 28.8 Å². The molecular formula is C20H21N5O4. The Balaban J connectivity index is 1.29. The zero-order chi connectivity index (χ0) is 19.6. The van der Waals surface area contributed by atoms with E-state index < -0.39 is 0 Å². The molecule has 2 aliphatic heterocycles. The van der Waals surface area contributed by atoms with E-state index in [4.69, 9.17) is 18.6 Å². The van der Waals surface area contributed by atoms with Gasteiger partial charge in [0.25, 0.3) is 5.89 Å². The Bertz CT molecular complexity index is 994. The Hall–Kier alpha value is -3.20. The van der Waals surface area contributed by atoms with E-state index >= 15 is 0 Å². The number of hydrogen-bond acceptors (Lipinski definition) is 9. The Labute approximate surface area is 167 Å². The molecule has 0 saturated carbocycles. The minimum absolute atomic E-state index is 0.191. The number of rotatable bonds is 5. The summed E-state index contributed by atoms with van der Waals surface area (Å²) in [6, 6.07) is 3.92. The predicted octanol–water partition coefficient (Wildman–Crippen LogP) is 2.30. The number of fused-ring (bicyclic) bond motifs is 1. The summed E-state index contributed by atoms with van der Waals surface area (Å²) in [5.41, 5.74) is 1.66. The van der Waals surface area contributed by atoms with Gasteiger partial charge in [0.2, 0.25) is 5.89 Å². The average molecular weight is 395 g/mol. The molecule has 5 rings (SSSR count). The smallest absolute Gasteiger partial charge is 0.267 e. The minimum Gasteiger partial charge on any atom is -0.496 e. The van der Waals surface area contributed by atoms with Gasteiger partial charge in [0.05, 0.1) is 19.2 Å². The van der Waals surface area contributed by atoms with Crippen LogP contribution in [-0.4, -0.2) is 58.5 Å². The lowest BCUT2D eigenvalue weighted by Crippen LogP contribution is -2.21. The van der Waals surface area contributed by atoms with E-state index in [9.17, 15) is 0 Å². The molecule has 3 aromatic rings. The van der Waals surface area contributed by atoms with Crippen LogP contribution >= 0.6 is 0 Å². The highest BCUT2D eigenvalue weighted by Crippen LogP contribution is 2.38. The number of aromatic nitrogens is 4. The highest BCUT2D eigenvalue weighted by molar-refractivity contribution is 5.51. The quantitative estimate of drug-likeness (QED) is 0.645. The maximum Gasteiger partial charge on any atom is 0.267 e. The summed E-state index contributed by atoms with van der Waals surface area (Å²) in [7, 11) is 1.67. The average Bonchev–Trinajstić information content (AvgIpc) is 3.43. The topological polar surface area (TPSA) is 95.6 Å². The van der Waals surface area contributed by atoms with Crippen LogP contribution < -0.4 is 14.2 Å². The number of nitrogens with zero attached hydrogens (tertiary/aromatic N) is 5. The van der Waals surface area contributed by atoms with Crippen molar-refractivity contribution in [2.24, 2.45) is 0 Å². The molecule has 2 aromatic heterocycles. The summed E-state index contributed by atoms with van der Waals surface area (Å²) in [6.07, 6.45) is 5.79. The molecule has 0 amide bonds. The summed E-state index contributed by atoms with van der Waals surface area (Å²) in [5.74, 6) is 3.55. The van der Waals surface area contributed by atoms with Crippen molar-refractivity contribution < 1.29 is 18.6 Å². The van der Waals surface area contributed by atoms with Crippen LogP contribution in [0.5, 0.6) is 17.2 Å². The molecule has 0 N–H and O–H groups in total. The molecule has 9 heteroatoms. The maximum atomic E-state index is 5.86. The normalized spacial score (nSPS) is 18.7. The van der Waals surface area contributed by atoms with Gasteiger partial charge in [-0.1, -0.05) is 0 Å². The van der Waals surface area contributed by atoms with Gasteiger partial charge in [-0.25, -0.2) is 4.98 Å². The third kappa shape index (κ3) is 3.61. The number of ether oxygens (including phenoxy) is 3. The molecule has 1 fully saturated rings. The Morgan fingerprint density at radius 2 is 2.00 bits per heavy atom. The monoisotopic (exact) mass is 395 g/mol. The van der Waals surface area contributed by atoms with Crippen molar-refractivity contribution in [2.75, 3.05) is 33.4 Å². The van der Waals surface area contributed by atoms with Crippen LogP contribution in [0.3, 0.4) is 0 Å². The van der Waals surface area contributed by atoms with E-state index in [2.05, 4.69) is 25.1 Å². The van der Waals surface area contributed by atoms with Crippen molar-refractivity contribution in [3.63, 3.8) is 0 Å². The molecular weight excluding hydrogens is 374 g/mol. The fraction of sp³-hybridized carbons (Fsp3) is 0.400. The molecule has 1 aromatic carbocycles. The van der Waals surface area contributed by atoms with Gasteiger partial charge in [-0.2, -0.15) is 0 Å². The van der Waals surface area contributed by atoms with Crippen LogP contribution in [0.1, 0.15) is 23.8 Å². The van der Waals surface area contributed by atoms with Gasteiger partial charge in [0.1, 0.15) is 24.7 Å². The fourth-order valence-electron chi connectivity index (χ4n) is 3.76. The molecule has 2 aliphatic rings. The van der Waals surface area contributed by atoms with Crippen molar-refractivity contribution >= 4 is 0 Å². The predicted molar refractivity (Wildman–Crippen MR) is 102 cm³/mol. The summed E-state index contributed by atoms with van der Waals surface area (Å²) in [6.45, 7) is 3.65. The lowest BCUT2D eigenvalue weighted by atomic mass is 10.1. The van der Waals surface area contributed by atoms with Crippen LogP contribution in [0.15, 0.2) is 35.1 Å². The number of likely N-dealkylation sites (tertiary alicyclic amines) is 1. The van der Waals surface area contributed by atoms with Gasteiger partial charge >= 0.3 is 0 Å². The van der Waals surface area contributed by atoms with E-state index in [1.54, 1.807) is 25.7 Å². The second kappa shape index (κ2) is 7.67. The molecule has 29 heavy (non-hydrogen) atoms. The minimum atomic E-state index is 0.191. The van der Waals surface area contributed by atoms with Crippen LogP contribution in [-0.2, 0) is 6.54 Å². The molecule has 0 aliphatic carbocycles. The van der Waals surface area contributed by atoms with E-state index in [1.165, 1.54) is 0 Å². The first-order chi connectivity index (χ1) is 14.3. The van der Waals surface area contributed by atoms with Crippen molar-refractivity contribution in [3.05, 3.63) is 42.2 Å². The zero-order valence-corrected chi connectivity index (χ0v) is 16.1. The van der Waals surface area contributed by atoms with Crippen LogP contribution in [0, 0.1) is 0 Å². The first-order valence-corrected chi connectivity index (χ1v) is 9.59. The Morgan fingerprint density at radius 3 is 2.79 bits per heavy atom. The first kappa shape index (κ1) is 17.9. The molecule has 1 saturated heterocycles. The lowest BCUT2D eigenvalue weighted by molar-refractivity contribution is 0.170. The summed E-state index contributed by atoms with van der Waals surface area (Å²) in [5, 5.41) is 8.36. The van der Waals surface area contributed by atoms with Gasteiger partial charge in [-0.15, -0.1) is 10.2 Å². The standard InChI is InChI=1S/C20H21N5O4/c1-26-16-9-18-17(27-6-7-28-18)8-14(16)12-25-5-2-13(11-25)19-23-24-20(29-19)15-10-21-3-4-22-15/h3-4,8-10,13H,2,5-7,11-12H2,1H3/t13-/m0/s1. The van der Waals surface area contributed by atoms with E-state index in [1.807, 2.05) is 12.1 Å². The van der Waals surface area contributed by atoms with Gasteiger partial charge in [0, 0.05) is 37.1 Å².